The highest BCUT2D eigenvalue weighted by atomic mass is 19.1. The molecule has 0 spiro atoms. The lowest BCUT2D eigenvalue weighted by molar-refractivity contribution is -0.115. The number of halogens is 1. The minimum atomic E-state index is -0.343. The van der Waals surface area contributed by atoms with Gasteiger partial charge in [0.15, 0.2) is 5.84 Å². The van der Waals surface area contributed by atoms with E-state index in [2.05, 4.69) is 28.8 Å². The predicted octanol–water partition coefficient (Wildman–Crippen LogP) is 4.20. The van der Waals surface area contributed by atoms with Gasteiger partial charge >= 0.3 is 0 Å². The van der Waals surface area contributed by atoms with E-state index in [-0.39, 0.29) is 23.6 Å². The van der Waals surface area contributed by atoms with Crippen molar-refractivity contribution < 1.29 is 9.18 Å². The zero-order chi connectivity index (χ0) is 19.5. The quantitative estimate of drug-likeness (QED) is 0.438. The zero-order valence-corrected chi connectivity index (χ0v) is 15.6. The number of nitrogens with one attached hydrogen (secondary N) is 2. The lowest BCUT2D eigenvalue weighted by Gasteiger charge is -2.14. The third-order valence-corrected chi connectivity index (χ3v) is 3.23. The van der Waals surface area contributed by atoms with E-state index in [4.69, 9.17) is 0 Å². The van der Waals surface area contributed by atoms with E-state index in [1.807, 2.05) is 44.2 Å². The van der Waals surface area contributed by atoms with Gasteiger partial charge in [0.2, 0.25) is 0 Å². The Labute approximate surface area is 154 Å². The fourth-order valence-electron chi connectivity index (χ4n) is 1.98. The molecule has 2 N–H and O–H groups in total. The van der Waals surface area contributed by atoms with E-state index in [1.54, 1.807) is 0 Å². The summed E-state index contributed by atoms with van der Waals surface area (Å²) in [6.07, 6.45) is 4.37. The van der Waals surface area contributed by atoms with Crippen molar-refractivity contribution in [2.24, 2.45) is 4.99 Å². The second kappa shape index (κ2) is 10.8. The second-order valence-electron chi connectivity index (χ2n) is 5.92. The molecule has 0 atom stereocenters. The molecule has 0 aliphatic rings. The number of hydrogen-bond acceptors (Lipinski definition) is 2. The molecular weight excluding hydrogens is 329 g/mol. The van der Waals surface area contributed by atoms with Crippen LogP contribution in [0.25, 0.3) is 0 Å². The first-order chi connectivity index (χ1) is 12.3. The minimum Gasteiger partial charge on any atom is -0.345 e. The summed E-state index contributed by atoms with van der Waals surface area (Å²) in [6.45, 7) is 13.0. The van der Waals surface area contributed by atoms with Crippen LogP contribution in [0.2, 0.25) is 0 Å². The van der Waals surface area contributed by atoms with Gasteiger partial charge in [-0.3, -0.25) is 9.79 Å². The highest BCUT2D eigenvalue weighted by molar-refractivity contribution is 6.38. The van der Waals surface area contributed by atoms with Crippen LogP contribution in [-0.4, -0.2) is 17.8 Å². The van der Waals surface area contributed by atoms with Crippen molar-refractivity contribution in [2.75, 3.05) is 0 Å². The summed E-state index contributed by atoms with van der Waals surface area (Å²) in [5, 5.41) is 5.74. The summed E-state index contributed by atoms with van der Waals surface area (Å²) in [5.41, 5.74) is 1.96. The summed E-state index contributed by atoms with van der Waals surface area (Å²) in [4.78, 5) is 16.8. The zero-order valence-electron chi connectivity index (χ0n) is 15.6. The number of benzene rings is 1. The predicted molar refractivity (Wildman–Crippen MR) is 106 cm³/mol. The van der Waals surface area contributed by atoms with E-state index in [9.17, 15) is 9.18 Å². The number of carbonyl (C=O) groups is 1. The lowest BCUT2D eigenvalue weighted by atomic mass is 10.1. The lowest BCUT2D eigenvalue weighted by Crippen LogP contribution is -2.40. The summed E-state index contributed by atoms with van der Waals surface area (Å²) >= 11 is 0. The maximum absolute atomic E-state index is 12.9. The van der Waals surface area contributed by atoms with Crippen LogP contribution < -0.4 is 10.6 Å². The Morgan fingerprint density at radius 3 is 2.46 bits per heavy atom. The number of nitrogens with zero attached hydrogens (tertiary/aromatic N) is 1. The number of allylic oxidation sites excluding steroid dienone is 4. The van der Waals surface area contributed by atoms with Gasteiger partial charge in [0.05, 0.1) is 5.83 Å². The van der Waals surface area contributed by atoms with Gasteiger partial charge in [0, 0.05) is 18.3 Å². The van der Waals surface area contributed by atoms with E-state index in [0.29, 0.717) is 17.8 Å². The molecule has 0 saturated carbocycles. The Kier molecular flexibility index (Phi) is 8.78. The Bertz CT molecular complexity index is 727. The molecule has 0 heterocycles. The fourth-order valence-corrected chi connectivity index (χ4v) is 1.98. The first kappa shape index (κ1) is 21.1. The van der Waals surface area contributed by atoms with Crippen molar-refractivity contribution in [1.29, 1.82) is 0 Å². The molecule has 1 rings (SSSR count). The maximum atomic E-state index is 12.9. The number of rotatable bonds is 7. The van der Waals surface area contributed by atoms with Crippen LogP contribution in [-0.2, 0) is 11.3 Å². The number of carbonyl (C=O) groups excluding carboxylic acids is 1. The third kappa shape index (κ3) is 7.75. The largest absolute Gasteiger partial charge is 0.345 e. The SMILES string of the molecule is C=C/C(=C\C=C(/C)F)C(=C)NC(=NC(C)C)C(=O)NCc1ccccc1. The topological polar surface area (TPSA) is 53.5 Å². The number of amidine groups is 1. The van der Waals surface area contributed by atoms with Crippen LogP contribution in [0.15, 0.2) is 83.8 Å². The molecule has 1 amide bonds. The molecule has 1 aromatic carbocycles. The normalized spacial score (nSPS) is 12.7. The molecule has 0 radical (unpaired) electrons. The molecule has 4 nitrogen and oxygen atoms in total. The standard InChI is InChI=1S/C21H26FN3O/c1-6-19(13-12-16(4)22)17(5)25-20(24-15(2)3)21(26)23-14-18-10-8-7-9-11-18/h6-13,15H,1,5,14H2,2-4H3,(H,23,26)(H,24,25)/b16-12+,19-13+. The highest BCUT2D eigenvalue weighted by Crippen LogP contribution is 2.08. The van der Waals surface area contributed by atoms with Gasteiger partial charge in [-0.1, -0.05) is 55.6 Å². The Morgan fingerprint density at radius 1 is 1.27 bits per heavy atom. The van der Waals surface area contributed by atoms with Crippen molar-refractivity contribution in [3.8, 4) is 0 Å². The van der Waals surface area contributed by atoms with E-state index < -0.39 is 0 Å². The molecule has 5 heteroatoms. The number of amides is 1. The van der Waals surface area contributed by atoms with Crippen molar-refractivity contribution >= 4 is 11.7 Å². The van der Waals surface area contributed by atoms with Gasteiger partial charge < -0.3 is 10.6 Å². The summed E-state index contributed by atoms with van der Waals surface area (Å²) in [7, 11) is 0. The van der Waals surface area contributed by atoms with E-state index in [1.165, 1.54) is 25.2 Å². The van der Waals surface area contributed by atoms with Crippen molar-refractivity contribution in [3.05, 3.63) is 84.4 Å². The average molecular weight is 355 g/mol. The van der Waals surface area contributed by atoms with Gasteiger partial charge in [-0.25, -0.2) is 4.39 Å². The molecular formula is C21H26FN3O. The Hall–Kier alpha value is -2.95. The molecule has 0 aromatic heterocycles. The van der Waals surface area contributed by atoms with Crippen LogP contribution in [0.4, 0.5) is 4.39 Å². The second-order valence-corrected chi connectivity index (χ2v) is 5.92. The van der Waals surface area contributed by atoms with Crippen LogP contribution >= 0.6 is 0 Å². The van der Waals surface area contributed by atoms with E-state index in [0.717, 1.165) is 5.56 Å². The van der Waals surface area contributed by atoms with Gasteiger partial charge in [-0.2, -0.15) is 0 Å². The van der Waals surface area contributed by atoms with Crippen molar-refractivity contribution in [1.82, 2.24) is 10.6 Å². The molecule has 0 aliphatic carbocycles. The summed E-state index contributed by atoms with van der Waals surface area (Å²) in [5.74, 6) is -0.534. The Morgan fingerprint density at radius 2 is 1.92 bits per heavy atom. The van der Waals surface area contributed by atoms with Crippen LogP contribution in [0.1, 0.15) is 26.3 Å². The fraction of sp³-hybridized carbons (Fsp3) is 0.238. The molecule has 0 bridgehead atoms. The molecule has 0 saturated heterocycles. The van der Waals surface area contributed by atoms with Crippen molar-refractivity contribution in [3.63, 3.8) is 0 Å². The summed E-state index contributed by atoms with van der Waals surface area (Å²) < 4.78 is 12.9. The molecule has 26 heavy (non-hydrogen) atoms. The first-order valence-electron chi connectivity index (χ1n) is 8.36. The third-order valence-electron chi connectivity index (χ3n) is 3.23. The maximum Gasteiger partial charge on any atom is 0.286 e. The van der Waals surface area contributed by atoms with Gasteiger partial charge in [-0.05, 0) is 38.0 Å². The molecule has 0 aliphatic heterocycles. The van der Waals surface area contributed by atoms with Crippen molar-refractivity contribution in [2.45, 2.75) is 33.4 Å². The molecule has 0 unspecified atom stereocenters. The number of hydrogen-bond donors (Lipinski definition) is 2. The minimum absolute atomic E-state index is 0.0862. The van der Waals surface area contributed by atoms with Gasteiger partial charge in [0.25, 0.3) is 5.91 Å². The van der Waals surface area contributed by atoms with Gasteiger partial charge in [0.1, 0.15) is 0 Å². The number of aliphatic imine (C=N–C) groups is 1. The molecule has 1 aromatic rings. The average Bonchev–Trinajstić information content (AvgIpc) is 2.59. The monoisotopic (exact) mass is 355 g/mol. The van der Waals surface area contributed by atoms with Crippen LogP contribution in [0, 0.1) is 0 Å². The van der Waals surface area contributed by atoms with Crippen LogP contribution in [0.3, 0.4) is 0 Å². The summed E-state index contributed by atoms with van der Waals surface area (Å²) in [6, 6.07) is 9.50. The molecule has 138 valence electrons. The van der Waals surface area contributed by atoms with E-state index >= 15 is 0 Å². The smallest absolute Gasteiger partial charge is 0.286 e. The van der Waals surface area contributed by atoms with Gasteiger partial charge in [-0.15, -0.1) is 0 Å². The first-order valence-corrected chi connectivity index (χ1v) is 8.36. The molecule has 0 fully saturated rings. The van der Waals surface area contributed by atoms with Crippen LogP contribution in [0.5, 0.6) is 0 Å². The Balaban J connectivity index is 2.87. The highest BCUT2D eigenvalue weighted by Gasteiger charge is 2.13.